The third-order valence-electron chi connectivity index (χ3n) is 5.96. The minimum atomic E-state index is -2.33. The van der Waals surface area contributed by atoms with E-state index in [0.29, 0.717) is 13.1 Å². The van der Waals surface area contributed by atoms with Gasteiger partial charge in [0.15, 0.2) is 0 Å². The van der Waals surface area contributed by atoms with E-state index < -0.39 is 12.7 Å². The molecule has 1 amide bonds. The average Bonchev–Trinajstić information content (AvgIpc) is 2.92. The van der Waals surface area contributed by atoms with Gasteiger partial charge in [-0.05, 0) is 46.1 Å². The first-order valence-electron chi connectivity index (χ1n) is 9.79. The maximum Gasteiger partial charge on any atom is 0.410 e. The number of amides is 1. The molecule has 0 N–H and O–H groups in total. The molecule has 0 bridgehead atoms. The Bertz CT molecular complexity index is 725. The second-order valence-corrected chi connectivity index (χ2v) is 13.1. The highest BCUT2D eigenvalue weighted by Gasteiger charge is 2.56. The van der Waals surface area contributed by atoms with Crippen molar-refractivity contribution in [3.05, 3.63) is 35.9 Å². The normalized spacial score (nSPS) is 26.7. The number of piperidine rings is 1. The van der Waals surface area contributed by atoms with Crippen LogP contribution in [0.5, 0.6) is 0 Å². The lowest BCUT2D eigenvalue weighted by atomic mass is 9.87. The van der Waals surface area contributed by atoms with E-state index >= 15 is 0 Å². The van der Waals surface area contributed by atoms with Crippen LogP contribution in [0.4, 0.5) is 4.79 Å². The van der Waals surface area contributed by atoms with Crippen molar-refractivity contribution in [1.82, 2.24) is 9.80 Å². The predicted molar refractivity (Wildman–Crippen MR) is 110 cm³/mol. The van der Waals surface area contributed by atoms with Crippen molar-refractivity contribution in [3.63, 3.8) is 0 Å². The van der Waals surface area contributed by atoms with Crippen molar-refractivity contribution < 1.29 is 14.1 Å². The van der Waals surface area contributed by atoms with Gasteiger partial charge in [-0.2, -0.15) is 0 Å². The molecule has 0 unspecified atom stereocenters. The third-order valence-corrected chi connectivity index (χ3v) is 8.84. The van der Waals surface area contributed by atoms with Crippen molar-refractivity contribution in [2.45, 2.75) is 44.5 Å². The summed E-state index contributed by atoms with van der Waals surface area (Å²) in [4.78, 5) is 16.8. The number of rotatable bonds is 3. The zero-order valence-corrected chi connectivity index (χ0v) is 18.2. The Kier molecular flexibility index (Phi) is 5.48. The van der Waals surface area contributed by atoms with Gasteiger partial charge in [0.25, 0.3) is 0 Å². The molecule has 0 saturated carbocycles. The number of ether oxygens (including phenoxy) is 1. The second kappa shape index (κ2) is 7.25. The Morgan fingerprint density at radius 3 is 2.48 bits per heavy atom. The summed E-state index contributed by atoms with van der Waals surface area (Å²) in [6.45, 7) is 13.4. The first-order valence-corrected chi connectivity index (χ1v) is 12.4. The van der Waals surface area contributed by atoms with Crippen molar-refractivity contribution in [1.29, 1.82) is 0 Å². The van der Waals surface area contributed by atoms with E-state index in [1.165, 1.54) is 5.56 Å². The van der Waals surface area contributed by atoms with Crippen LogP contribution in [0, 0.1) is 5.92 Å². The lowest BCUT2D eigenvalue weighted by molar-refractivity contribution is 0.0152. The summed E-state index contributed by atoms with van der Waals surface area (Å²) in [7, 11) is -2.33. The van der Waals surface area contributed by atoms with E-state index in [4.69, 9.17) is 4.74 Å². The largest absolute Gasteiger partial charge is 0.444 e. The van der Waals surface area contributed by atoms with Gasteiger partial charge in [0.1, 0.15) is 5.60 Å². The van der Waals surface area contributed by atoms with Gasteiger partial charge in [-0.3, -0.25) is 4.90 Å². The van der Waals surface area contributed by atoms with E-state index in [-0.39, 0.29) is 17.2 Å². The summed E-state index contributed by atoms with van der Waals surface area (Å²) in [6, 6.07) is 10.4. The van der Waals surface area contributed by atoms with Gasteiger partial charge in [0.2, 0.25) is 0 Å². The van der Waals surface area contributed by atoms with Crippen LogP contribution in [0.15, 0.2) is 30.3 Å². The van der Waals surface area contributed by atoms with Gasteiger partial charge in [-0.15, -0.1) is 0 Å². The second-order valence-electron chi connectivity index (χ2n) is 9.48. The van der Waals surface area contributed by atoms with Gasteiger partial charge < -0.3 is 14.2 Å². The number of fused-ring (bicyclic) bond motifs is 1. The average molecular weight is 392 g/mol. The van der Waals surface area contributed by atoms with E-state index in [0.717, 1.165) is 26.1 Å². The van der Waals surface area contributed by atoms with Crippen LogP contribution in [0.2, 0.25) is 0 Å². The fourth-order valence-electron chi connectivity index (χ4n) is 4.59. The zero-order chi connectivity index (χ0) is 19.9. The molecular formula is C21H33N2O3P. The van der Waals surface area contributed by atoms with Gasteiger partial charge in [-0.25, -0.2) is 4.79 Å². The van der Waals surface area contributed by atoms with Crippen molar-refractivity contribution in [3.8, 4) is 0 Å². The molecule has 1 aromatic rings. The summed E-state index contributed by atoms with van der Waals surface area (Å²) in [5.41, 5.74) is 0.781. The molecule has 3 rings (SSSR count). The monoisotopic (exact) mass is 392 g/mol. The third kappa shape index (κ3) is 4.41. The summed E-state index contributed by atoms with van der Waals surface area (Å²) in [5.74, 6) is 0.225. The van der Waals surface area contributed by atoms with Crippen LogP contribution < -0.4 is 0 Å². The molecule has 0 aromatic heterocycles. The van der Waals surface area contributed by atoms with Crippen LogP contribution in [0.3, 0.4) is 0 Å². The van der Waals surface area contributed by atoms with E-state index in [1.807, 2.05) is 45.1 Å². The van der Waals surface area contributed by atoms with Crippen LogP contribution in [0.1, 0.15) is 32.8 Å². The molecular weight excluding hydrogens is 359 g/mol. The number of carbonyl (C=O) groups excluding carboxylic acids is 1. The zero-order valence-electron chi connectivity index (χ0n) is 17.3. The minimum Gasteiger partial charge on any atom is -0.444 e. The highest BCUT2D eigenvalue weighted by molar-refractivity contribution is 7.64. The molecule has 2 aliphatic rings. The number of hydrogen-bond donors (Lipinski definition) is 0. The Morgan fingerprint density at radius 1 is 1.22 bits per heavy atom. The molecule has 2 saturated heterocycles. The van der Waals surface area contributed by atoms with Gasteiger partial charge in [0.05, 0.1) is 7.14 Å². The molecule has 27 heavy (non-hydrogen) atoms. The SMILES string of the molecule is CC(C)(C)OC(=O)N1CC[C@@]2(P(C)(C)=O)CN(Cc3ccccc3)C[C@H]2C1. The molecule has 2 heterocycles. The maximum atomic E-state index is 13.3. The number of hydrogen-bond acceptors (Lipinski definition) is 4. The number of likely N-dealkylation sites (tertiary alicyclic amines) is 2. The molecule has 2 aliphatic heterocycles. The molecule has 0 aliphatic carbocycles. The van der Waals surface area contributed by atoms with Crippen LogP contribution >= 0.6 is 7.14 Å². The quantitative estimate of drug-likeness (QED) is 0.726. The summed E-state index contributed by atoms with van der Waals surface area (Å²) < 4.78 is 18.9. The van der Waals surface area contributed by atoms with Gasteiger partial charge in [-0.1, -0.05) is 30.3 Å². The fraction of sp³-hybridized carbons (Fsp3) is 0.667. The van der Waals surface area contributed by atoms with Crippen LogP contribution in [-0.4, -0.2) is 66.2 Å². The fourth-order valence-corrected chi connectivity index (χ4v) is 6.81. The molecule has 2 atom stereocenters. The summed E-state index contributed by atoms with van der Waals surface area (Å²) >= 11 is 0. The Balaban J connectivity index is 1.76. The number of nitrogens with zero attached hydrogens (tertiary/aromatic N) is 2. The summed E-state index contributed by atoms with van der Waals surface area (Å²) in [6.07, 6.45) is 0.534. The molecule has 150 valence electrons. The van der Waals surface area contributed by atoms with Crippen molar-refractivity contribution >= 4 is 13.2 Å². The van der Waals surface area contributed by atoms with Gasteiger partial charge >= 0.3 is 6.09 Å². The molecule has 1 aromatic carbocycles. The molecule has 0 radical (unpaired) electrons. The Morgan fingerprint density at radius 2 is 1.89 bits per heavy atom. The maximum absolute atomic E-state index is 13.3. The Hall–Kier alpha value is -1.32. The Labute approximate surface area is 163 Å². The molecule has 0 spiro atoms. The highest BCUT2D eigenvalue weighted by atomic mass is 31.2. The van der Waals surface area contributed by atoms with Crippen molar-refractivity contribution in [2.24, 2.45) is 5.92 Å². The molecule has 6 heteroatoms. The predicted octanol–water partition coefficient (Wildman–Crippen LogP) is 4.12. The van der Waals surface area contributed by atoms with Crippen LogP contribution in [-0.2, 0) is 15.8 Å². The topological polar surface area (TPSA) is 49.9 Å². The molecule has 2 fully saturated rings. The minimum absolute atomic E-state index is 0.194. The van der Waals surface area contributed by atoms with E-state index in [1.54, 1.807) is 0 Å². The number of benzene rings is 1. The van der Waals surface area contributed by atoms with Gasteiger partial charge in [0, 0.05) is 43.8 Å². The van der Waals surface area contributed by atoms with E-state index in [9.17, 15) is 9.36 Å². The molecule has 5 nitrogen and oxygen atoms in total. The van der Waals surface area contributed by atoms with E-state index in [2.05, 4.69) is 29.2 Å². The first kappa shape index (κ1) is 20.4. The summed E-state index contributed by atoms with van der Waals surface area (Å²) in [5, 5.41) is -0.194. The standard InChI is InChI=1S/C21H33N2O3P/c1-20(2,3)26-19(24)23-12-11-21(27(4,5)25)16-22(14-18(21)15-23)13-17-9-7-6-8-10-17/h6-10,18H,11-16H2,1-5H3/t18-,21+/m0/s1. The van der Waals surface area contributed by atoms with Crippen LogP contribution in [0.25, 0.3) is 0 Å². The lowest BCUT2D eigenvalue weighted by Crippen LogP contribution is -2.53. The smallest absolute Gasteiger partial charge is 0.410 e. The first-order chi connectivity index (χ1) is 12.5. The van der Waals surface area contributed by atoms with Crippen molar-refractivity contribution in [2.75, 3.05) is 39.5 Å². The lowest BCUT2D eigenvalue weighted by Gasteiger charge is -2.45. The highest BCUT2D eigenvalue weighted by Crippen LogP contribution is 2.61. The number of carbonyl (C=O) groups is 1.